The summed E-state index contributed by atoms with van der Waals surface area (Å²) in [5.74, 6) is 0. The Morgan fingerprint density at radius 3 is 2.47 bits per heavy atom. The van der Waals surface area contributed by atoms with Crippen LogP contribution in [0.2, 0.25) is 5.02 Å². The van der Waals surface area contributed by atoms with Gasteiger partial charge in [-0.25, -0.2) is 0 Å². The fourth-order valence-corrected chi connectivity index (χ4v) is 4.38. The van der Waals surface area contributed by atoms with Crippen LogP contribution >= 0.6 is 11.6 Å². The van der Waals surface area contributed by atoms with Crippen molar-refractivity contribution < 1.29 is 0 Å². The molecule has 0 unspecified atom stereocenters. The molecule has 150 valence electrons. The molecule has 0 bridgehead atoms. The van der Waals surface area contributed by atoms with Gasteiger partial charge in [-0.15, -0.1) is 0 Å². The lowest BCUT2D eigenvalue weighted by Gasteiger charge is -2.07. The summed E-state index contributed by atoms with van der Waals surface area (Å²) in [6.45, 7) is 2.56. The Balaban J connectivity index is 1.30. The second-order valence-electron chi connectivity index (χ2n) is 7.68. The minimum absolute atomic E-state index is 0.773. The van der Waals surface area contributed by atoms with E-state index in [9.17, 15) is 0 Å². The second kappa shape index (κ2) is 8.39. The van der Waals surface area contributed by atoms with Gasteiger partial charge in [0.25, 0.3) is 0 Å². The number of nitrogens with zero attached hydrogens (tertiary/aromatic N) is 1. The third kappa shape index (κ3) is 3.74. The van der Waals surface area contributed by atoms with Gasteiger partial charge in [-0.1, -0.05) is 66.2 Å². The number of nitrogens with one attached hydrogen (secondary N) is 2. The molecule has 0 aliphatic heterocycles. The molecule has 0 saturated carbocycles. The number of hydrogen-bond acceptors (Lipinski definition) is 1. The third-order valence-electron chi connectivity index (χ3n) is 5.73. The maximum Gasteiger partial charge on any atom is 0.0491 e. The van der Waals surface area contributed by atoms with Crippen molar-refractivity contribution in [1.82, 2.24) is 14.9 Å². The summed E-state index contributed by atoms with van der Waals surface area (Å²) in [4.78, 5) is 3.36. The highest BCUT2D eigenvalue weighted by Gasteiger charge is 2.10. The average molecular weight is 414 g/mol. The summed E-state index contributed by atoms with van der Waals surface area (Å²) in [6.07, 6.45) is 5.39. The standard InChI is InChI=1S/C26H24ClN3/c27-24-10-4-1-7-20(24)17-30-18-21(23-9-3-6-12-26(23)30)15-28-14-13-19-16-29-25-11-5-2-8-22(19)25/h1-12,16,18,28-29H,13-15,17H2. The normalized spacial score (nSPS) is 11.5. The molecular weight excluding hydrogens is 390 g/mol. The monoisotopic (exact) mass is 413 g/mol. The third-order valence-corrected chi connectivity index (χ3v) is 6.10. The molecule has 0 saturated heterocycles. The number of hydrogen-bond donors (Lipinski definition) is 2. The van der Waals surface area contributed by atoms with Gasteiger partial charge in [-0.3, -0.25) is 0 Å². The lowest BCUT2D eigenvalue weighted by molar-refractivity contribution is 0.688. The summed E-state index contributed by atoms with van der Waals surface area (Å²) in [7, 11) is 0. The molecule has 2 N–H and O–H groups in total. The van der Waals surface area contributed by atoms with Gasteiger partial charge in [0.2, 0.25) is 0 Å². The highest BCUT2D eigenvalue weighted by molar-refractivity contribution is 6.31. The van der Waals surface area contributed by atoms with Gasteiger partial charge in [-0.2, -0.15) is 0 Å². The molecule has 5 aromatic rings. The van der Waals surface area contributed by atoms with Crippen LogP contribution in [0.1, 0.15) is 16.7 Å². The SMILES string of the molecule is Clc1ccccc1Cn1cc(CNCCc2c[nH]c3ccccc23)c2ccccc21. The van der Waals surface area contributed by atoms with Gasteiger partial charge in [-0.05, 0) is 47.9 Å². The van der Waals surface area contributed by atoms with Gasteiger partial charge in [0.1, 0.15) is 0 Å². The molecule has 0 radical (unpaired) electrons. The zero-order valence-corrected chi connectivity index (χ0v) is 17.5. The topological polar surface area (TPSA) is 32.8 Å². The Bertz CT molecular complexity index is 1300. The molecule has 2 aromatic heterocycles. The highest BCUT2D eigenvalue weighted by atomic mass is 35.5. The van der Waals surface area contributed by atoms with E-state index in [4.69, 9.17) is 11.6 Å². The number of aromatic nitrogens is 2. The van der Waals surface area contributed by atoms with Crippen molar-refractivity contribution in [2.75, 3.05) is 6.54 Å². The molecular formula is C26H24ClN3. The molecule has 0 fully saturated rings. The Morgan fingerprint density at radius 1 is 0.800 bits per heavy atom. The maximum absolute atomic E-state index is 6.40. The lowest BCUT2D eigenvalue weighted by Crippen LogP contribution is -2.16. The van der Waals surface area contributed by atoms with Crippen LogP contribution < -0.4 is 5.32 Å². The van der Waals surface area contributed by atoms with Crippen LogP contribution in [0.5, 0.6) is 0 Å². The molecule has 2 heterocycles. The zero-order chi connectivity index (χ0) is 20.3. The molecule has 3 aromatic carbocycles. The first-order valence-electron chi connectivity index (χ1n) is 10.4. The Morgan fingerprint density at radius 2 is 1.57 bits per heavy atom. The van der Waals surface area contributed by atoms with Crippen LogP contribution in [-0.4, -0.2) is 16.1 Å². The molecule has 0 spiro atoms. The van der Waals surface area contributed by atoms with Crippen molar-refractivity contribution in [2.24, 2.45) is 0 Å². The van der Waals surface area contributed by atoms with Crippen molar-refractivity contribution in [3.63, 3.8) is 0 Å². The Kier molecular flexibility index (Phi) is 5.31. The van der Waals surface area contributed by atoms with E-state index >= 15 is 0 Å². The number of H-pyrrole nitrogens is 1. The first-order valence-corrected chi connectivity index (χ1v) is 10.7. The molecule has 5 rings (SSSR count). The number of halogens is 1. The number of rotatable bonds is 7. The fourth-order valence-electron chi connectivity index (χ4n) is 4.19. The molecule has 0 amide bonds. The second-order valence-corrected chi connectivity index (χ2v) is 8.08. The quantitative estimate of drug-likeness (QED) is 0.308. The van der Waals surface area contributed by atoms with Crippen molar-refractivity contribution in [3.8, 4) is 0 Å². The number of para-hydroxylation sites is 2. The van der Waals surface area contributed by atoms with Gasteiger partial charge < -0.3 is 14.9 Å². The van der Waals surface area contributed by atoms with Crippen molar-refractivity contribution in [3.05, 3.63) is 107 Å². The van der Waals surface area contributed by atoms with Crippen LogP contribution in [0.15, 0.2) is 85.2 Å². The van der Waals surface area contributed by atoms with Crippen LogP contribution in [0, 0.1) is 0 Å². The minimum Gasteiger partial charge on any atom is -0.361 e. The summed E-state index contributed by atoms with van der Waals surface area (Å²) >= 11 is 6.40. The number of fused-ring (bicyclic) bond motifs is 2. The first-order chi connectivity index (χ1) is 14.8. The lowest BCUT2D eigenvalue weighted by atomic mass is 10.1. The van der Waals surface area contributed by atoms with Crippen molar-refractivity contribution in [1.29, 1.82) is 0 Å². The van der Waals surface area contributed by atoms with E-state index in [1.54, 1.807) is 0 Å². The maximum atomic E-state index is 6.40. The van der Waals surface area contributed by atoms with Crippen molar-refractivity contribution >= 4 is 33.4 Å². The van der Waals surface area contributed by atoms with Crippen LogP contribution in [0.3, 0.4) is 0 Å². The highest BCUT2D eigenvalue weighted by Crippen LogP contribution is 2.24. The van der Waals surface area contributed by atoms with E-state index in [0.717, 1.165) is 36.6 Å². The predicted molar refractivity (Wildman–Crippen MR) is 126 cm³/mol. The van der Waals surface area contributed by atoms with Gasteiger partial charge >= 0.3 is 0 Å². The zero-order valence-electron chi connectivity index (χ0n) is 16.7. The minimum atomic E-state index is 0.773. The molecule has 30 heavy (non-hydrogen) atoms. The predicted octanol–water partition coefficient (Wildman–Crippen LogP) is 6.16. The Hall–Kier alpha value is -3.01. The van der Waals surface area contributed by atoms with E-state index in [0.29, 0.717) is 0 Å². The first kappa shape index (κ1) is 19.0. The van der Waals surface area contributed by atoms with E-state index in [1.807, 2.05) is 18.2 Å². The summed E-state index contributed by atoms with van der Waals surface area (Å²) in [5, 5.41) is 7.06. The summed E-state index contributed by atoms with van der Waals surface area (Å²) < 4.78 is 2.30. The molecule has 4 heteroatoms. The van der Waals surface area contributed by atoms with Gasteiger partial charge in [0.05, 0.1) is 0 Å². The summed E-state index contributed by atoms with van der Waals surface area (Å²) in [5.41, 5.74) is 6.26. The number of aromatic amines is 1. The van der Waals surface area contributed by atoms with Crippen LogP contribution in [-0.2, 0) is 19.5 Å². The molecule has 0 aliphatic rings. The smallest absolute Gasteiger partial charge is 0.0491 e. The molecule has 0 atom stereocenters. The number of benzene rings is 3. The van der Waals surface area contributed by atoms with Crippen LogP contribution in [0.25, 0.3) is 21.8 Å². The fraction of sp³-hybridized carbons (Fsp3) is 0.154. The van der Waals surface area contributed by atoms with Gasteiger partial charge in [0, 0.05) is 52.3 Å². The van der Waals surface area contributed by atoms with E-state index in [-0.39, 0.29) is 0 Å². The van der Waals surface area contributed by atoms with E-state index in [1.165, 1.54) is 32.9 Å². The summed E-state index contributed by atoms with van der Waals surface area (Å²) in [6, 6.07) is 25.1. The average Bonchev–Trinajstić information content (AvgIpc) is 3.35. The Labute approximate surface area is 181 Å². The van der Waals surface area contributed by atoms with E-state index in [2.05, 4.69) is 81.9 Å². The van der Waals surface area contributed by atoms with Gasteiger partial charge in [0.15, 0.2) is 0 Å². The molecule has 3 nitrogen and oxygen atoms in total. The van der Waals surface area contributed by atoms with E-state index < -0.39 is 0 Å². The van der Waals surface area contributed by atoms with Crippen molar-refractivity contribution in [2.45, 2.75) is 19.5 Å². The molecule has 0 aliphatic carbocycles. The largest absolute Gasteiger partial charge is 0.361 e. The van der Waals surface area contributed by atoms with Crippen LogP contribution in [0.4, 0.5) is 0 Å².